The van der Waals surface area contributed by atoms with Crippen LogP contribution >= 0.6 is 23.2 Å². The number of nitrogens with one attached hydrogen (secondary N) is 1. The van der Waals surface area contributed by atoms with E-state index in [-0.39, 0.29) is 17.7 Å². The largest absolute Gasteiger partial charge is 0.342 e. The maximum Gasteiger partial charge on any atom is 0.226 e. The highest BCUT2D eigenvalue weighted by Gasteiger charge is 2.46. The first-order valence-electron chi connectivity index (χ1n) is 7.50. The van der Waals surface area contributed by atoms with E-state index in [9.17, 15) is 4.79 Å². The minimum atomic E-state index is 0.0866. The Morgan fingerprint density at radius 2 is 2.00 bits per heavy atom. The number of amides is 1. The third-order valence-electron chi connectivity index (χ3n) is 4.67. The van der Waals surface area contributed by atoms with E-state index in [0.717, 1.165) is 37.9 Å². The molecule has 2 aliphatic rings. The summed E-state index contributed by atoms with van der Waals surface area (Å²) in [6.45, 7) is 2.00. The van der Waals surface area contributed by atoms with Crippen molar-refractivity contribution < 1.29 is 4.79 Å². The normalized spacial score (nSPS) is 25.7. The summed E-state index contributed by atoms with van der Waals surface area (Å²) in [5.74, 6) is 0.605. The highest BCUT2D eigenvalue weighted by atomic mass is 35.5. The average Bonchev–Trinajstić information content (AvgIpc) is 3.27. The summed E-state index contributed by atoms with van der Waals surface area (Å²) in [7, 11) is 1.94. The number of hydrogen-bond acceptors (Lipinski definition) is 2. The van der Waals surface area contributed by atoms with E-state index < -0.39 is 0 Å². The lowest BCUT2D eigenvalue weighted by atomic mass is 10.0. The van der Waals surface area contributed by atoms with Gasteiger partial charge in [0.1, 0.15) is 0 Å². The van der Waals surface area contributed by atoms with Gasteiger partial charge in [0.25, 0.3) is 0 Å². The van der Waals surface area contributed by atoms with Crippen LogP contribution in [-0.4, -0.2) is 37.0 Å². The van der Waals surface area contributed by atoms with Crippen LogP contribution in [0.25, 0.3) is 0 Å². The number of halogens is 2. The van der Waals surface area contributed by atoms with Crippen LogP contribution in [-0.2, 0) is 4.79 Å². The van der Waals surface area contributed by atoms with Gasteiger partial charge in [-0.05, 0) is 56.0 Å². The molecule has 1 aromatic carbocycles. The molecule has 0 bridgehead atoms. The lowest BCUT2D eigenvalue weighted by Gasteiger charge is -2.32. The molecule has 3 rings (SSSR count). The first-order chi connectivity index (χ1) is 10.1. The molecule has 1 saturated carbocycles. The number of carbonyl (C=O) groups excluding carboxylic acids is 1. The Labute approximate surface area is 135 Å². The van der Waals surface area contributed by atoms with Gasteiger partial charge in [-0.15, -0.1) is 0 Å². The van der Waals surface area contributed by atoms with Crippen LogP contribution in [0.2, 0.25) is 10.0 Å². The van der Waals surface area contributed by atoms with E-state index in [4.69, 9.17) is 23.2 Å². The molecule has 0 unspecified atom stereocenters. The van der Waals surface area contributed by atoms with Crippen molar-refractivity contribution in [1.82, 2.24) is 10.2 Å². The molecule has 1 N–H and O–H groups in total. The highest BCUT2D eigenvalue weighted by Crippen LogP contribution is 2.51. The smallest absolute Gasteiger partial charge is 0.226 e. The summed E-state index contributed by atoms with van der Waals surface area (Å²) in [6.07, 6.45) is 2.98. The number of benzene rings is 1. The molecule has 0 spiro atoms. The van der Waals surface area contributed by atoms with Crippen molar-refractivity contribution in [3.63, 3.8) is 0 Å². The van der Waals surface area contributed by atoms with E-state index in [2.05, 4.69) is 5.32 Å². The van der Waals surface area contributed by atoms with Crippen LogP contribution in [0.15, 0.2) is 18.2 Å². The molecule has 0 radical (unpaired) electrons. The number of hydrogen-bond donors (Lipinski definition) is 1. The van der Waals surface area contributed by atoms with Crippen molar-refractivity contribution in [3.05, 3.63) is 33.8 Å². The zero-order chi connectivity index (χ0) is 15.0. The molecule has 5 heteroatoms. The Balaban J connectivity index is 1.65. The molecular weight excluding hydrogens is 307 g/mol. The zero-order valence-corrected chi connectivity index (χ0v) is 13.6. The van der Waals surface area contributed by atoms with Gasteiger partial charge in [-0.3, -0.25) is 4.79 Å². The van der Waals surface area contributed by atoms with Crippen molar-refractivity contribution in [3.8, 4) is 0 Å². The molecular formula is C16H20Cl2N2O. The fourth-order valence-electron chi connectivity index (χ4n) is 3.25. The second-order valence-electron chi connectivity index (χ2n) is 6.04. The van der Waals surface area contributed by atoms with E-state index in [1.54, 1.807) is 6.07 Å². The summed E-state index contributed by atoms with van der Waals surface area (Å²) in [5, 5.41) is 4.64. The molecule has 1 aromatic rings. The molecule has 1 saturated heterocycles. The van der Waals surface area contributed by atoms with E-state index in [1.807, 2.05) is 24.1 Å². The summed E-state index contributed by atoms with van der Waals surface area (Å²) in [4.78, 5) is 14.6. The first kappa shape index (κ1) is 15.1. The van der Waals surface area contributed by atoms with Gasteiger partial charge in [0.2, 0.25) is 5.91 Å². The SMILES string of the molecule is CN(C(=O)[C@H]1C[C@@H]1c1ccc(Cl)cc1Cl)C1CCNCC1. The van der Waals surface area contributed by atoms with Crippen LogP contribution in [0.5, 0.6) is 0 Å². The number of carbonyl (C=O) groups is 1. The summed E-state index contributed by atoms with van der Waals surface area (Å²) >= 11 is 12.2. The van der Waals surface area contributed by atoms with E-state index in [1.165, 1.54) is 0 Å². The molecule has 2 atom stereocenters. The van der Waals surface area contributed by atoms with Gasteiger partial charge in [0, 0.05) is 29.1 Å². The lowest BCUT2D eigenvalue weighted by molar-refractivity contribution is -0.133. The molecule has 21 heavy (non-hydrogen) atoms. The lowest BCUT2D eigenvalue weighted by Crippen LogP contribution is -2.44. The minimum Gasteiger partial charge on any atom is -0.342 e. The first-order valence-corrected chi connectivity index (χ1v) is 8.26. The Kier molecular flexibility index (Phi) is 4.43. The van der Waals surface area contributed by atoms with Gasteiger partial charge in [-0.2, -0.15) is 0 Å². The summed E-state index contributed by atoms with van der Waals surface area (Å²) in [5.41, 5.74) is 1.05. The molecule has 1 aliphatic carbocycles. The topological polar surface area (TPSA) is 32.3 Å². The van der Waals surface area contributed by atoms with Crippen LogP contribution in [0.1, 0.15) is 30.7 Å². The van der Waals surface area contributed by atoms with Gasteiger partial charge >= 0.3 is 0 Å². The third-order valence-corrected chi connectivity index (χ3v) is 5.24. The fourth-order valence-corrected chi connectivity index (χ4v) is 3.80. The molecule has 114 valence electrons. The van der Waals surface area contributed by atoms with Gasteiger partial charge in [0.05, 0.1) is 0 Å². The van der Waals surface area contributed by atoms with Crippen molar-refractivity contribution in [2.24, 2.45) is 5.92 Å². The molecule has 3 nitrogen and oxygen atoms in total. The predicted octanol–water partition coefficient (Wildman–Crippen LogP) is 3.31. The molecule has 1 amide bonds. The fraction of sp³-hybridized carbons (Fsp3) is 0.562. The number of rotatable bonds is 3. The monoisotopic (exact) mass is 326 g/mol. The zero-order valence-electron chi connectivity index (χ0n) is 12.1. The maximum atomic E-state index is 12.6. The second kappa shape index (κ2) is 6.15. The van der Waals surface area contributed by atoms with Crippen LogP contribution < -0.4 is 5.32 Å². The molecule has 2 fully saturated rings. The summed E-state index contributed by atoms with van der Waals surface area (Å²) in [6, 6.07) is 5.93. The van der Waals surface area contributed by atoms with Crippen LogP contribution in [0.4, 0.5) is 0 Å². The maximum absolute atomic E-state index is 12.6. The van der Waals surface area contributed by atoms with Gasteiger partial charge < -0.3 is 10.2 Å². The third kappa shape index (κ3) is 3.20. The standard InChI is InChI=1S/C16H20Cl2N2O/c1-20(11-4-6-19-7-5-11)16(21)14-9-13(14)12-3-2-10(17)8-15(12)18/h2-3,8,11,13-14,19H,4-7,9H2,1H3/t13-,14+/m1/s1. The second-order valence-corrected chi connectivity index (χ2v) is 6.89. The minimum absolute atomic E-state index is 0.0866. The van der Waals surface area contributed by atoms with Crippen molar-refractivity contribution in [2.45, 2.75) is 31.2 Å². The molecule has 1 heterocycles. The van der Waals surface area contributed by atoms with Crippen molar-refractivity contribution in [2.75, 3.05) is 20.1 Å². The van der Waals surface area contributed by atoms with E-state index >= 15 is 0 Å². The van der Waals surface area contributed by atoms with Gasteiger partial charge in [0.15, 0.2) is 0 Å². The van der Waals surface area contributed by atoms with Crippen molar-refractivity contribution in [1.29, 1.82) is 0 Å². The Morgan fingerprint density at radius 1 is 1.29 bits per heavy atom. The molecule has 0 aromatic heterocycles. The number of piperidine rings is 1. The Morgan fingerprint density at radius 3 is 2.67 bits per heavy atom. The summed E-state index contributed by atoms with van der Waals surface area (Å²) < 4.78 is 0. The predicted molar refractivity (Wildman–Crippen MR) is 86.0 cm³/mol. The van der Waals surface area contributed by atoms with Crippen LogP contribution in [0.3, 0.4) is 0 Å². The number of nitrogens with zero attached hydrogens (tertiary/aromatic N) is 1. The van der Waals surface area contributed by atoms with Gasteiger partial charge in [-0.1, -0.05) is 29.3 Å². The van der Waals surface area contributed by atoms with Crippen LogP contribution in [0, 0.1) is 5.92 Å². The van der Waals surface area contributed by atoms with Crippen molar-refractivity contribution >= 4 is 29.1 Å². The average molecular weight is 327 g/mol. The van der Waals surface area contributed by atoms with Gasteiger partial charge in [-0.25, -0.2) is 0 Å². The molecule has 1 aliphatic heterocycles. The Bertz CT molecular complexity index is 543. The van der Waals surface area contributed by atoms with E-state index in [0.29, 0.717) is 16.1 Å². The Hall–Kier alpha value is -0.770. The quantitative estimate of drug-likeness (QED) is 0.924. The highest BCUT2D eigenvalue weighted by molar-refractivity contribution is 6.35.